The molecule has 0 bridgehead atoms. The van der Waals surface area contributed by atoms with Gasteiger partial charge in [0, 0.05) is 28.7 Å². The predicted octanol–water partition coefficient (Wildman–Crippen LogP) is 3.40. The molecule has 1 heterocycles. The molecule has 0 radical (unpaired) electrons. The van der Waals surface area contributed by atoms with E-state index in [0.717, 1.165) is 16.5 Å². The Morgan fingerprint density at radius 1 is 1.53 bits per heavy atom. The summed E-state index contributed by atoms with van der Waals surface area (Å²) >= 11 is 6.11. The Labute approximate surface area is 104 Å². The molecule has 88 valence electrons. The summed E-state index contributed by atoms with van der Waals surface area (Å²) in [5, 5.41) is 1.57. The Kier molecular flexibility index (Phi) is 3.49. The Hall–Kier alpha value is -1.74. The first-order valence-corrected chi connectivity index (χ1v) is 5.70. The predicted molar refractivity (Wildman–Crippen MR) is 69.0 cm³/mol. The number of nitrogens with one attached hydrogen (secondary N) is 1. The van der Waals surface area contributed by atoms with Crippen molar-refractivity contribution in [1.29, 1.82) is 0 Å². The molecule has 0 saturated carbocycles. The molecule has 2 aromatic rings. The summed E-state index contributed by atoms with van der Waals surface area (Å²) in [5.74, 6) is -0.353. The van der Waals surface area contributed by atoms with Crippen LogP contribution in [0.2, 0.25) is 5.02 Å². The first kappa shape index (κ1) is 11.7. The molecule has 0 atom stereocenters. The quantitative estimate of drug-likeness (QED) is 0.669. The van der Waals surface area contributed by atoms with E-state index < -0.39 is 0 Å². The van der Waals surface area contributed by atoms with Crippen LogP contribution in [-0.2, 0) is 9.53 Å². The Bertz CT molecular complexity index is 572. The van der Waals surface area contributed by atoms with E-state index in [1.54, 1.807) is 13.0 Å². The zero-order valence-corrected chi connectivity index (χ0v) is 10.1. The molecule has 2 rings (SSSR count). The number of H-pyrrole nitrogens is 1. The van der Waals surface area contributed by atoms with E-state index in [0.29, 0.717) is 11.6 Å². The first-order chi connectivity index (χ1) is 8.22. The van der Waals surface area contributed by atoms with Crippen LogP contribution in [0.25, 0.3) is 17.0 Å². The van der Waals surface area contributed by atoms with Gasteiger partial charge in [0.15, 0.2) is 0 Å². The zero-order valence-electron chi connectivity index (χ0n) is 9.37. The third-order valence-electron chi connectivity index (χ3n) is 2.37. The van der Waals surface area contributed by atoms with Crippen molar-refractivity contribution < 1.29 is 9.53 Å². The van der Waals surface area contributed by atoms with E-state index in [9.17, 15) is 4.79 Å². The third-order valence-corrected chi connectivity index (χ3v) is 2.69. The number of rotatable bonds is 3. The van der Waals surface area contributed by atoms with Gasteiger partial charge in [-0.2, -0.15) is 0 Å². The molecule has 0 amide bonds. The second kappa shape index (κ2) is 5.06. The van der Waals surface area contributed by atoms with E-state index in [1.807, 2.05) is 24.4 Å². The van der Waals surface area contributed by atoms with Crippen molar-refractivity contribution in [2.24, 2.45) is 0 Å². The topological polar surface area (TPSA) is 42.1 Å². The lowest BCUT2D eigenvalue weighted by Crippen LogP contribution is -1.98. The van der Waals surface area contributed by atoms with Crippen molar-refractivity contribution in [3.05, 3.63) is 41.1 Å². The Morgan fingerprint density at radius 2 is 2.35 bits per heavy atom. The molecule has 0 aliphatic rings. The van der Waals surface area contributed by atoms with E-state index in [4.69, 9.17) is 16.3 Å². The molecule has 0 aliphatic carbocycles. The van der Waals surface area contributed by atoms with Gasteiger partial charge in [-0.15, -0.1) is 0 Å². The summed E-state index contributed by atoms with van der Waals surface area (Å²) in [5.41, 5.74) is 1.82. The second-order valence-corrected chi connectivity index (χ2v) is 3.90. The maximum absolute atomic E-state index is 11.2. The normalized spacial score (nSPS) is 11.2. The molecule has 3 nitrogen and oxygen atoms in total. The minimum Gasteiger partial charge on any atom is -0.463 e. The summed E-state index contributed by atoms with van der Waals surface area (Å²) in [6.07, 6.45) is 4.91. The number of hydrogen-bond acceptors (Lipinski definition) is 2. The van der Waals surface area contributed by atoms with E-state index in [2.05, 4.69) is 4.98 Å². The van der Waals surface area contributed by atoms with Crippen LogP contribution in [-0.4, -0.2) is 17.6 Å². The van der Waals surface area contributed by atoms with Gasteiger partial charge in [-0.05, 0) is 25.1 Å². The van der Waals surface area contributed by atoms with Crippen LogP contribution in [0.4, 0.5) is 0 Å². The molecule has 0 spiro atoms. The van der Waals surface area contributed by atoms with Gasteiger partial charge < -0.3 is 9.72 Å². The smallest absolute Gasteiger partial charge is 0.330 e. The summed E-state index contributed by atoms with van der Waals surface area (Å²) in [4.78, 5) is 14.3. The number of carbonyl (C=O) groups is 1. The standard InChI is InChI=1S/C13H12ClNO2/c1-2-17-12(16)7-6-9-8-15-11-5-3-4-10(14)13(9)11/h3-8,15H,2H2,1H3. The molecular weight excluding hydrogens is 238 g/mol. The number of fused-ring (bicyclic) bond motifs is 1. The fourth-order valence-electron chi connectivity index (χ4n) is 1.65. The lowest BCUT2D eigenvalue weighted by atomic mass is 10.1. The Morgan fingerprint density at radius 3 is 3.12 bits per heavy atom. The molecule has 17 heavy (non-hydrogen) atoms. The van der Waals surface area contributed by atoms with Crippen molar-refractivity contribution in [3.63, 3.8) is 0 Å². The minimum absolute atomic E-state index is 0.353. The molecular formula is C13H12ClNO2. The first-order valence-electron chi connectivity index (χ1n) is 5.33. The maximum Gasteiger partial charge on any atom is 0.330 e. The lowest BCUT2D eigenvalue weighted by molar-refractivity contribution is -0.137. The number of aromatic nitrogens is 1. The molecule has 0 unspecified atom stereocenters. The molecule has 1 aromatic heterocycles. The summed E-state index contributed by atoms with van der Waals surface area (Å²) in [6, 6.07) is 5.63. The van der Waals surface area contributed by atoms with Gasteiger partial charge in [-0.1, -0.05) is 17.7 Å². The zero-order chi connectivity index (χ0) is 12.3. The molecule has 0 fully saturated rings. The highest BCUT2D eigenvalue weighted by molar-refractivity contribution is 6.36. The number of aromatic amines is 1. The van der Waals surface area contributed by atoms with Gasteiger partial charge >= 0.3 is 5.97 Å². The summed E-state index contributed by atoms with van der Waals surface area (Å²) in [7, 11) is 0. The van der Waals surface area contributed by atoms with Crippen LogP contribution >= 0.6 is 11.6 Å². The minimum atomic E-state index is -0.353. The summed E-state index contributed by atoms with van der Waals surface area (Å²) in [6.45, 7) is 2.14. The van der Waals surface area contributed by atoms with Crippen molar-refractivity contribution in [2.75, 3.05) is 6.61 Å². The average molecular weight is 250 g/mol. The van der Waals surface area contributed by atoms with Crippen LogP contribution < -0.4 is 0 Å². The van der Waals surface area contributed by atoms with Gasteiger partial charge in [0.1, 0.15) is 0 Å². The van der Waals surface area contributed by atoms with Crippen molar-refractivity contribution >= 4 is 34.5 Å². The van der Waals surface area contributed by atoms with E-state index in [-0.39, 0.29) is 5.97 Å². The van der Waals surface area contributed by atoms with Crippen LogP contribution in [0.3, 0.4) is 0 Å². The monoisotopic (exact) mass is 249 g/mol. The van der Waals surface area contributed by atoms with Gasteiger partial charge in [0.05, 0.1) is 11.6 Å². The van der Waals surface area contributed by atoms with Gasteiger partial charge in [0.25, 0.3) is 0 Å². The molecule has 1 aromatic carbocycles. The number of carbonyl (C=O) groups excluding carboxylic acids is 1. The van der Waals surface area contributed by atoms with E-state index in [1.165, 1.54) is 6.08 Å². The number of ether oxygens (including phenoxy) is 1. The van der Waals surface area contributed by atoms with Crippen LogP contribution in [0.5, 0.6) is 0 Å². The fourth-order valence-corrected chi connectivity index (χ4v) is 1.93. The van der Waals surface area contributed by atoms with E-state index >= 15 is 0 Å². The molecule has 1 N–H and O–H groups in total. The lowest BCUT2D eigenvalue weighted by Gasteiger charge is -1.96. The maximum atomic E-state index is 11.2. The van der Waals surface area contributed by atoms with Crippen LogP contribution in [0.1, 0.15) is 12.5 Å². The van der Waals surface area contributed by atoms with Crippen molar-refractivity contribution in [2.45, 2.75) is 6.92 Å². The number of esters is 1. The Balaban J connectivity index is 2.34. The van der Waals surface area contributed by atoms with Crippen LogP contribution in [0, 0.1) is 0 Å². The summed E-state index contributed by atoms with van der Waals surface area (Å²) < 4.78 is 4.81. The highest BCUT2D eigenvalue weighted by atomic mass is 35.5. The SMILES string of the molecule is CCOC(=O)C=Cc1c[nH]c2cccc(Cl)c12. The fraction of sp³-hybridized carbons (Fsp3) is 0.154. The van der Waals surface area contributed by atoms with Gasteiger partial charge in [0.2, 0.25) is 0 Å². The number of benzene rings is 1. The average Bonchev–Trinajstić information content (AvgIpc) is 2.71. The van der Waals surface area contributed by atoms with Gasteiger partial charge in [-0.25, -0.2) is 4.79 Å². The highest BCUT2D eigenvalue weighted by Gasteiger charge is 2.05. The van der Waals surface area contributed by atoms with Crippen molar-refractivity contribution in [3.8, 4) is 0 Å². The number of hydrogen-bond donors (Lipinski definition) is 1. The van der Waals surface area contributed by atoms with Crippen molar-refractivity contribution in [1.82, 2.24) is 4.98 Å². The third kappa shape index (κ3) is 2.50. The van der Waals surface area contributed by atoms with Gasteiger partial charge in [-0.3, -0.25) is 0 Å². The largest absolute Gasteiger partial charge is 0.463 e. The molecule has 0 saturated heterocycles. The highest BCUT2D eigenvalue weighted by Crippen LogP contribution is 2.27. The number of halogens is 1. The molecule has 4 heteroatoms. The molecule has 0 aliphatic heterocycles. The second-order valence-electron chi connectivity index (χ2n) is 3.49. The van der Waals surface area contributed by atoms with Crippen LogP contribution in [0.15, 0.2) is 30.5 Å².